The van der Waals surface area contributed by atoms with Crippen LogP contribution >= 0.6 is 0 Å². The SMILES string of the molecule is CC[C@@]12CC[C@@]3(C)C4=CC(=O)C(O)=C(C)C4=CC=C3[C@@]1(C)CC[C@@]1(C)CC[C@@](C)(C(=O)NC(CO)CO)C[C@H]12. The van der Waals surface area contributed by atoms with Crippen LogP contribution in [0.5, 0.6) is 0 Å². The zero-order valence-corrected chi connectivity index (χ0v) is 24.6. The molecule has 6 atom stereocenters. The first kappa shape index (κ1) is 28.4. The highest BCUT2D eigenvalue weighted by atomic mass is 16.3. The molecule has 3 fully saturated rings. The van der Waals surface area contributed by atoms with Gasteiger partial charge in [0.15, 0.2) is 5.76 Å². The van der Waals surface area contributed by atoms with E-state index in [1.54, 1.807) is 6.08 Å². The van der Waals surface area contributed by atoms with Crippen molar-refractivity contribution in [3.05, 3.63) is 46.3 Å². The molecule has 39 heavy (non-hydrogen) atoms. The number of amides is 1. The summed E-state index contributed by atoms with van der Waals surface area (Å²) in [7, 11) is 0. The van der Waals surface area contributed by atoms with Crippen molar-refractivity contribution < 1.29 is 24.9 Å². The zero-order chi connectivity index (χ0) is 28.6. The number of rotatable bonds is 5. The molecule has 0 radical (unpaired) electrons. The summed E-state index contributed by atoms with van der Waals surface area (Å²) in [4.78, 5) is 26.3. The van der Waals surface area contributed by atoms with Crippen molar-refractivity contribution >= 4 is 11.7 Å². The van der Waals surface area contributed by atoms with Gasteiger partial charge in [-0.3, -0.25) is 9.59 Å². The molecular weight excluding hydrogens is 490 g/mol. The second-order valence-corrected chi connectivity index (χ2v) is 14.2. The van der Waals surface area contributed by atoms with Gasteiger partial charge < -0.3 is 20.6 Å². The fourth-order valence-electron chi connectivity index (χ4n) is 9.74. The first-order valence-electron chi connectivity index (χ1n) is 14.9. The Balaban J connectivity index is 1.58. The van der Waals surface area contributed by atoms with Gasteiger partial charge in [0.1, 0.15) is 0 Å². The third-order valence-corrected chi connectivity index (χ3v) is 12.5. The molecule has 1 amide bonds. The zero-order valence-electron chi connectivity index (χ0n) is 24.6. The summed E-state index contributed by atoms with van der Waals surface area (Å²) in [5.41, 5.74) is 3.35. The molecule has 6 nitrogen and oxygen atoms in total. The van der Waals surface area contributed by atoms with Gasteiger partial charge in [-0.1, -0.05) is 52.3 Å². The molecule has 0 bridgehead atoms. The van der Waals surface area contributed by atoms with Crippen molar-refractivity contribution in [1.82, 2.24) is 5.32 Å². The van der Waals surface area contributed by atoms with Crippen LogP contribution < -0.4 is 5.32 Å². The molecule has 0 aromatic rings. The van der Waals surface area contributed by atoms with Gasteiger partial charge in [0.2, 0.25) is 11.7 Å². The summed E-state index contributed by atoms with van der Waals surface area (Å²) >= 11 is 0. The molecule has 4 N–H and O–H groups in total. The first-order chi connectivity index (χ1) is 18.2. The maximum atomic E-state index is 13.6. The number of ketones is 1. The second kappa shape index (κ2) is 9.17. The number of allylic oxidation sites excluding steroid dienone is 7. The van der Waals surface area contributed by atoms with Crippen LogP contribution in [0.25, 0.3) is 0 Å². The van der Waals surface area contributed by atoms with E-state index in [-0.39, 0.29) is 52.3 Å². The van der Waals surface area contributed by atoms with E-state index in [1.807, 2.05) is 6.92 Å². The Morgan fingerprint density at radius 1 is 1.03 bits per heavy atom. The summed E-state index contributed by atoms with van der Waals surface area (Å²) in [6.45, 7) is 12.9. The van der Waals surface area contributed by atoms with Gasteiger partial charge in [0, 0.05) is 16.4 Å². The molecular formula is C33H47NO5. The number of fused-ring (bicyclic) bond motifs is 7. The lowest BCUT2D eigenvalue weighted by Crippen LogP contribution is -2.63. The third-order valence-electron chi connectivity index (χ3n) is 12.5. The van der Waals surface area contributed by atoms with E-state index in [9.17, 15) is 24.9 Å². The Morgan fingerprint density at radius 2 is 1.69 bits per heavy atom. The Bertz CT molecular complexity index is 1220. The number of carbonyl (C=O) groups excluding carboxylic acids is 2. The van der Waals surface area contributed by atoms with Crippen LogP contribution in [0.15, 0.2) is 46.3 Å². The quantitative estimate of drug-likeness (QED) is 0.372. The predicted molar refractivity (Wildman–Crippen MR) is 152 cm³/mol. The van der Waals surface area contributed by atoms with Crippen molar-refractivity contribution in [2.75, 3.05) is 13.2 Å². The Morgan fingerprint density at radius 3 is 2.33 bits per heavy atom. The molecule has 6 heteroatoms. The van der Waals surface area contributed by atoms with Gasteiger partial charge in [-0.15, -0.1) is 0 Å². The lowest BCUT2D eigenvalue weighted by atomic mass is 9.33. The predicted octanol–water partition coefficient (Wildman–Crippen LogP) is 5.47. The van der Waals surface area contributed by atoms with Crippen molar-refractivity contribution in [3.8, 4) is 0 Å². The lowest BCUT2D eigenvalue weighted by molar-refractivity contribution is -0.178. The van der Waals surface area contributed by atoms with Gasteiger partial charge in [-0.2, -0.15) is 0 Å². The molecule has 0 aromatic carbocycles. The van der Waals surface area contributed by atoms with Crippen LogP contribution in [-0.2, 0) is 9.59 Å². The number of carbonyl (C=O) groups is 2. The fourth-order valence-corrected chi connectivity index (χ4v) is 9.74. The number of aliphatic hydroxyl groups is 3. The summed E-state index contributed by atoms with van der Waals surface area (Å²) in [5, 5.41) is 32.5. The third kappa shape index (κ3) is 3.73. The van der Waals surface area contributed by atoms with E-state index in [0.717, 1.165) is 62.5 Å². The molecule has 0 spiro atoms. The molecule has 5 rings (SSSR count). The van der Waals surface area contributed by atoms with Crippen LogP contribution in [-0.4, -0.2) is 46.3 Å². The van der Waals surface area contributed by atoms with Gasteiger partial charge >= 0.3 is 0 Å². The minimum absolute atomic E-state index is 0.0122. The molecule has 214 valence electrons. The van der Waals surface area contributed by atoms with Crippen LogP contribution in [0.3, 0.4) is 0 Å². The van der Waals surface area contributed by atoms with E-state index in [2.05, 4.69) is 52.1 Å². The highest BCUT2D eigenvalue weighted by Crippen LogP contribution is 2.76. The van der Waals surface area contributed by atoms with Gasteiger partial charge in [0.05, 0.1) is 19.3 Å². The Kier molecular flexibility index (Phi) is 6.67. The van der Waals surface area contributed by atoms with Crippen molar-refractivity contribution in [1.29, 1.82) is 0 Å². The van der Waals surface area contributed by atoms with Crippen LogP contribution in [0.1, 0.15) is 92.9 Å². The van der Waals surface area contributed by atoms with Crippen molar-refractivity contribution in [2.24, 2.45) is 33.0 Å². The molecule has 0 saturated heterocycles. The lowest BCUT2D eigenvalue weighted by Gasteiger charge is -2.71. The molecule has 0 unspecified atom stereocenters. The van der Waals surface area contributed by atoms with Gasteiger partial charge in [-0.25, -0.2) is 0 Å². The Labute approximate surface area is 233 Å². The van der Waals surface area contributed by atoms with Crippen molar-refractivity contribution in [3.63, 3.8) is 0 Å². The monoisotopic (exact) mass is 537 g/mol. The maximum absolute atomic E-state index is 13.6. The highest BCUT2D eigenvalue weighted by molar-refractivity contribution is 6.06. The van der Waals surface area contributed by atoms with E-state index >= 15 is 0 Å². The molecule has 5 aliphatic carbocycles. The van der Waals surface area contributed by atoms with Crippen LogP contribution in [0.2, 0.25) is 0 Å². The average molecular weight is 538 g/mol. The smallest absolute Gasteiger partial charge is 0.226 e. The number of aliphatic hydroxyl groups excluding tert-OH is 3. The molecule has 3 saturated carbocycles. The largest absolute Gasteiger partial charge is 0.504 e. The minimum Gasteiger partial charge on any atom is -0.504 e. The fraction of sp³-hybridized carbons (Fsp3) is 0.697. The summed E-state index contributed by atoms with van der Waals surface area (Å²) in [6, 6.07) is -0.633. The molecule has 0 aliphatic heterocycles. The first-order valence-corrected chi connectivity index (χ1v) is 14.9. The number of nitrogens with one attached hydrogen (secondary N) is 1. The van der Waals surface area contributed by atoms with E-state index in [4.69, 9.17) is 0 Å². The summed E-state index contributed by atoms with van der Waals surface area (Å²) in [6.07, 6.45) is 13.9. The number of hydrogen-bond acceptors (Lipinski definition) is 5. The van der Waals surface area contributed by atoms with E-state index in [1.165, 1.54) is 5.57 Å². The topological polar surface area (TPSA) is 107 Å². The van der Waals surface area contributed by atoms with E-state index in [0.29, 0.717) is 11.5 Å². The molecule has 0 aromatic heterocycles. The van der Waals surface area contributed by atoms with Gasteiger partial charge in [0.25, 0.3) is 0 Å². The summed E-state index contributed by atoms with van der Waals surface area (Å²) in [5.74, 6) is -0.153. The number of hydrogen-bond donors (Lipinski definition) is 4. The van der Waals surface area contributed by atoms with E-state index < -0.39 is 11.5 Å². The maximum Gasteiger partial charge on any atom is 0.226 e. The molecule has 0 heterocycles. The minimum atomic E-state index is -0.633. The van der Waals surface area contributed by atoms with Crippen molar-refractivity contribution in [2.45, 2.75) is 99.0 Å². The van der Waals surface area contributed by atoms with Gasteiger partial charge in [-0.05, 0) is 97.7 Å². The molecule has 5 aliphatic rings. The highest BCUT2D eigenvalue weighted by Gasteiger charge is 2.68. The second-order valence-electron chi connectivity index (χ2n) is 14.2. The van der Waals surface area contributed by atoms with Crippen LogP contribution in [0.4, 0.5) is 0 Å². The Hall–Kier alpha value is -2.18. The summed E-state index contributed by atoms with van der Waals surface area (Å²) < 4.78 is 0. The normalized spacial score (nSPS) is 41.5. The van der Waals surface area contributed by atoms with Crippen LogP contribution in [0, 0.1) is 33.0 Å². The average Bonchev–Trinajstić information content (AvgIpc) is 2.91. The standard InChI is InChI=1S/C33H47NO5/c1-7-33-15-13-31(5)23-16-24(37)27(38)20(2)22(23)8-9-25(31)32(33,6)14-12-29(3)10-11-30(4,17-26(29)33)28(39)34-21(18-35)19-36/h8-9,16,21,26,35-36,38H,7,10-15,17-19H2,1-6H3,(H,34,39)/t26-,29-,30-,31+,32-,33+/m1/s1.